The van der Waals surface area contributed by atoms with Gasteiger partial charge in [0.25, 0.3) is 0 Å². The lowest BCUT2D eigenvalue weighted by Crippen LogP contribution is -2.04. The fourth-order valence-electron chi connectivity index (χ4n) is 1.05. The first-order chi connectivity index (χ1) is 6.70. The van der Waals surface area contributed by atoms with Crippen LogP contribution in [0.2, 0.25) is 0 Å². The topological polar surface area (TPSA) is 116 Å². The second-order valence-corrected chi connectivity index (χ2v) is 2.65. The molecular formula is C7H9N7. The highest BCUT2D eigenvalue weighted by Crippen LogP contribution is 2.15. The van der Waals surface area contributed by atoms with Gasteiger partial charge >= 0.3 is 0 Å². The van der Waals surface area contributed by atoms with Gasteiger partial charge in [0.05, 0.1) is 6.20 Å². The quantitative estimate of drug-likeness (QED) is 0.562. The molecule has 0 spiro atoms. The predicted molar refractivity (Wildman–Crippen MR) is 53.5 cm³/mol. The standard InChI is InChI=1S/C7H9N7/c1-10-7-13-5(9)4-6(14-7)11-2-3(8)12-4/h2H,1H3,(H2,8,12)(H3,9,10,11,13,14). The normalized spacial score (nSPS) is 10.4. The smallest absolute Gasteiger partial charge is 0.226 e. The van der Waals surface area contributed by atoms with Crippen LogP contribution in [-0.4, -0.2) is 27.0 Å². The highest BCUT2D eigenvalue weighted by Gasteiger charge is 2.06. The van der Waals surface area contributed by atoms with Crippen LogP contribution >= 0.6 is 0 Å². The first-order valence-electron chi connectivity index (χ1n) is 3.94. The van der Waals surface area contributed by atoms with Crippen molar-refractivity contribution >= 4 is 28.7 Å². The number of anilines is 3. The van der Waals surface area contributed by atoms with Crippen molar-refractivity contribution in [2.75, 3.05) is 23.8 Å². The summed E-state index contributed by atoms with van der Waals surface area (Å²) in [7, 11) is 1.70. The Kier molecular flexibility index (Phi) is 1.77. The lowest BCUT2D eigenvalue weighted by molar-refractivity contribution is 1.15. The van der Waals surface area contributed by atoms with Crippen molar-refractivity contribution < 1.29 is 0 Å². The second kappa shape index (κ2) is 2.95. The Bertz CT molecular complexity index is 481. The number of rotatable bonds is 1. The number of nitrogens with zero attached hydrogens (tertiary/aromatic N) is 4. The van der Waals surface area contributed by atoms with E-state index in [0.717, 1.165) is 0 Å². The summed E-state index contributed by atoms with van der Waals surface area (Å²) in [4.78, 5) is 16.0. The minimum atomic E-state index is 0.263. The highest BCUT2D eigenvalue weighted by molar-refractivity contribution is 5.82. The Labute approximate surface area is 79.6 Å². The molecule has 0 fully saturated rings. The van der Waals surface area contributed by atoms with Crippen LogP contribution in [0.25, 0.3) is 11.2 Å². The first kappa shape index (κ1) is 8.42. The van der Waals surface area contributed by atoms with Crippen molar-refractivity contribution in [2.45, 2.75) is 0 Å². The Morgan fingerprint density at radius 3 is 2.71 bits per heavy atom. The highest BCUT2D eigenvalue weighted by atomic mass is 15.1. The van der Waals surface area contributed by atoms with Crippen LogP contribution in [0.15, 0.2) is 6.20 Å². The maximum Gasteiger partial charge on any atom is 0.226 e. The summed E-state index contributed by atoms with van der Waals surface area (Å²) in [6.07, 6.45) is 1.42. The van der Waals surface area contributed by atoms with Gasteiger partial charge in [-0.25, -0.2) is 9.97 Å². The van der Waals surface area contributed by atoms with Crippen LogP contribution in [0.4, 0.5) is 17.6 Å². The van der Waals surface area contributed by atoms with Gasteiger partial charge in [-0.05, 0) is 0 Å². The molecular weight excluding hydrogens is 182 g/mol. The predicted octanol–water partition coefficient (Wildman–Crippen LogP) is -0.374. The van der Waals surface area contributed by atoms with E-state index >= 15 is 0 Å². The van der Waals surface area contributed by atoms with Crippen molar-refractivity contribution in [3.63, 3.8) is 0 Å². The van der Waals surface area contributed by atoms with Crippen LogP contribution in [0.1, 0.15) is 0 Å². The molecule has 7 nitrogen and oxygen atoms in total. The minimum absolute atomic E-state index is 0.263. The second-order valence-electron chi connectivity index (χ2n) is 2.65. The molecule has 2 heterocycles. The number of nitrogen functional groups attached to an aromatic ring is 2. The molecule has 0 aliphatic carbocycles. The van der Waals surface area contributed by atoms with Crippen LogP contribution in [-0.2, 0) is 0 Å². The lowest BCUT2D eigenvalue weighted by Gasteiger charge is -2.03. The summed E-state index contributed by atoms with van der Waals surface area (Å²) in [6.45, 7) is 0. The summed E-state index contributed by atoms with van der Waals surface area (Å²) >= 11 is 0. The molecule has 2 aromatic heterocycles. The zero-order chi connectivity index (χ0) is 10.1. The van der Waals surface area contributed by atoms with Gasteiger partial charge in [0, 0.05) is 7.05 Å². The molecule has 14 heavy (non-hydrogen) atoms. The zero-order valence-electron chi connectivity index (χ0n) is 7.52. The van der Waals surface area contributed by atoms with Gasteiger partial charge in [0.1, 0.15) is 5.82 Å². The summed E-state index contributed by atoms with van der Waals surface area (Å²) in [6, 6.07) is 0. The van der Waals surface area contributed by atoms with Crippen molar-refractivity contribution in [1.82, 2.24) is 19.9 Å². The van der Waals surface area contributed by atoms with E-state index in [2.05, 4.69) is 25.3 Å². The molecule has 0 saturated carbocycles. The van der Waals surface area contributed by atoms with Gasteiger partial charge in [-0.2, -0.15) is 9.97 Å². The molecule has 2 rings (SSSR count). The van der Waals surface area contributed by atoms with Crippen LogP contribution in [0, 0.1) is 0 Å². The van der Waals surface area contributed by atoms with Gasteiger partial charge in [-0.1, -0.05) is 0 Å². The molecule has 0 aliphatic rings. The average molecular weight is 191 g/mol. The Hall–Kier alpha value is -2.18. The molecule has 0 amide bonds. The number of hydrogen-bond acceptors (Lipinski definition) is 7. The molecule has 7 heteroatoms. The number of nitrogens with one attached hydrogen (secondary N) is 1. The Morgan fingerprint density at radius 1 is 1.21 bits per heavy atom. The molecule has 72 valence electrons. The third-order valence-corrected chi connectivity index (χ3v) is 1.68. The summed E-state index contributed by atoms with van der Waals surface area (Å²) in [5, 5.41) is 2.77. The molecule has 0 aromatic carbocycles. The maximum atomic E-state index is 5.65. The Morgan fingerprint density at radius 2 is 2.00 bits per heavy atom. The van der Waals surface area contributed by atoms with Gasteiger partial charge in [-0.15, -0.1) is 0 Å². The van der Waals surface area contributed by atoms with E-state index in [1.165, 1.54) is 6.20 Å². The molecule has 0 unspecified atom stereocenters. The molecule has 0 aliphatic heterocycles. The van der Waals surface area contributed by atoms with E-state index in [1.54, 1.807) is 7.05 Å². The first-order valence-corrected chi connectivity index (χ1v) is 3.94. The van der Waals surface area contributed by atoms with Crippen LogP contribution in [0.3, 0.4) is 0 Å². The van der Waals surface area contributed by atoms with Gasteiger partial charge in [-0.3, -0.25) is 0 Å². The average Bonchev–Trinajstić information content (AvgIpc) is 2.19. The number of nitrogens with two attached hydrogens (primary N) is 2. The van der Waals surface area contributed by atoms with Crippen molar-refractivity contribution in [2.24, 2.45) is 0 Å². The van der Waals surface area contributed by atoms with Crippen LogP contribution in [0.5, 0.6) is 0 Å². The van der Waals surface area contributed by atoms with E-state index in [9.17, 15) is 0 Å². The maximum absolute atomic E-state index is 5.65. The largest absolute Gasteiger partial charge is 0.382 e. The van der Waals surface area contributed by atoms with E-state index in [4.69, 9.17) is 11.5 Å². The van der Waals surface area contributed by atoms with Crippen LogP contribution < -0.4 is 16.8 Å². The van der Waals surface area contributed by atoms with E-state index in [-0.39, 0.29) is 5.82 Å². The van der Waals surface area contributed by atoms with E-state index in [0.29, 0.717) is 22.9 Å². The molecule has 0 radical (unpaired) electrons. The van der Waals surface area contributed by atoms with Crippen molar-refractivity contribution in [3.8, 4) is 0 Å². The minimum Gasteiger partial charge on any atom is -0.382 e. The molecule has 0 saturated heterocycles. The third kappa shape index (κ3) is 1.24. The molecule has 0 atom stereocenters. The fraction of sp³-hybridized carbons (Fsp3) is 0.143. The number of hydrogen-bond donors (Lipinski definition) is 3. The molecule has 5 N–H and O–H groups in total. The summed E-state index contributed by atoms with van der Waals surface area (Å²) in [5.74, 6) is 0.971. The van der Waals surface area contributed by atoms with E-state index in [1.807, 2.05) is 0 Å². The molecule has 2 aromatic rings. The van der Waals surface area contributed by atoms with Gasteiger partial charge < -0.3 is 16.8 Å². The lowest BCUT2D eigenvalue weighted by atomic mass is 10.4. The SMILES string of the molecule is CNc1nc(N)c2nc(N)cnc2n1. The number of aromatic nitrogens is 4. The van der Waals surface area contributed by atoms with Crippen molar-refractivity contribution in [1.29, 1.82) is 0 Å². The third-order valence-electron chi connectivity index (χ3n) is 1.68. The monoisotopic (exact) mass is 191 g/mol. The summed E-state index contributed by atoms with van der Waals surface area (Å²) < 4.78 is 0. The number of fused-ring (bicyclic) bond motifs is 1. The Balaban J connectivity index is 2.76. The summed E-state index contributed by atoms with van der Waals surface area (Å²) in [5.41, 5.74) is 12.0. The van der Waals surface area contributed by atoms with Gasteiger partial charge in [0.2, 0.25) is 5.95 Å². The zero-order valence-corrected chi connectivity index (χ0v) is 7.52. The van der Waals surface area contributed by atoms with Crippen molar-refractivity contribution in [3.05, 3.63) is 6.20 Å². The van der Waals surface area contributed by atoms with Gasteiger partial charge in [0.15, 0.2) is 17.0 Å². The van der Waals surface area contributed by atoms with E-state index < -0.39 is 0 Å². The fourth-order valence-corrected chi connectivity index (χ4v) is 1.05. The molecule has 0 bridgehead atoms.